The molecule has 3 aromatic rings. The molecule has 0 unspecified atom stereocenters. The van der Waals surface area contributed by atoms with Crippen LogP contribution in [0.25, 0.3) is 11.1 Å². The first-order chi connectivity index (χ1) is 10.4. The Bertz CT molecular complexity index is 867. The average molecular weight is 267 g/mol. The molecule has 1 heterocycles. The van der Waals surface area contributed by atoms with E-state index in [0.29, 0.717) is 0 Å². The Morgan fingerprint density at radius 1 is 0.762 bits per heavy atom. The standard InChI is InChI=1S/C20H13N/c1-2-6-18-17(4-1)14-20-16(5-3-7-19(18)20)9-8-15-10-12-21-13-11-15/h1-7,10-13H,14H2. The normalized spacial score (nSPS) is 11.2. The molecule has 0 fully saturated rings. The van der Waals surface area contributed by atoms with Crippen LogP contribution in [0.4, 0.5) is 0 Å². The third-order valence-electron chi connectivity index (χ3n) is 3.87. The molecule has 0 saturated heterocycles. The maximum absolute atomic E-state index is 4.02. The number of fused-ring (bicyclic) bond motifs is 3. The van der Waals surface area contributed by atoms with Crippen LogP contribution in [-0.2, 0) is 6.42 Å². The number of pyridine rings is 1. The van der Waals surface area contributed by atoms with Gasteiger partial charge in [-0.15, -0.1) is 0 Å². The molecular formula is C20H13N. The zero-order valence-electron chi connectivity index (χ0n) is 11.5. The van der Waals surface area contributed by atoms with Crippen LogP contribution in [0.15, 0.2) is 67.0 Å². The van der Waals surface area contributed by atoms with E-state index in [2.05, 4.69) is 59.3 Å². The first-order valence-electron chi connectivity index (χ1n) is 7.04. The van der Waals surface area contributed by atoms with E-state index in [1.807, 2.05) is 12.1 Å². The molecule has 0 aliphatic heterocycles. The van der Waals surface area contributed by atoms with Gasteiger partial charge >= 0.3 is 0 Å². The van der Waals surface area contributed by atoms with E-state index in [9.17, 15) is 0 Å². The topological polar surface area (TPSA) is 12.9 Å². The molecule has 0 radical (unpaired) electrons. The second kappa shape index (κ2) is 4.92. The second-order valence-electron chi connectivity index (χ2n) is 5.15. The maximum atomic E-state index is 4.02. The fourth-order valence-electron chi connectivity index (χ4n) is 2.85. The molecule has 1 aliphatic rings. The third kappa shape index (κ3) is 2.11. The van der Waals surface area contributed by atoms with Crippen molar-refractivity contribution in [2.75, 3.05) is 0 Å². The van der Waals surface area contributed by atoms with Crippen molar-refractivity contribution in [3.8, 4) is 23.0 Å². The lowest BCUT2D eigenvalue weighted by atomic mass is 10.0. The van der Waals surface area contributed by atoms with Gasteiger partial charge in [-0.05, 0) is 46.9 Å². The van der Waals surface area contributed by atoms with Crippen molar-refractivity contribution < 1.29 is 0 Å². The van der Waals surface area contributed by atoms with E-state index in [1.54, 1.807) is 12.4 Å². The largest absolute Gasteiger partial charge is 0.265 e. The van der Waals surface area contributed by atoms with Crippen LogP contribution >= 0.6 is 0 Å². The van der Waals surface area contributed by atoms with Gasteiger partial charge in [0.15, 0.2) is 0 Å². The van der Waals surface area contributed by atoms with Gasteiger partial charge in [-0.1, -0.05) is 48.2 Å². The molecule has 1 heteroatoms. The molecule has 2 aromatic carbocycles. The summed E-state index contributed by atoms with van der Waals surface area (Å²) in [6.45, 7) is 0. The Kier molecular flexibility index (Phi) is 2.80. The van der Waals surface area contributed by atoms with E-state index in [4.69, 9.17) is 0 Å². The van der Waals surface area contributed by atoms with Gasteiger partial charge < -0.3 is 0 Å². The zero-order chi connectivity index (χ0) is 14.1. The van der Waals surface area contributed by atoms with Gasteiger partial charge in [0, 0.05) is 23.5 Å². The number of rotatable bonds is 0. The van der Waals surface area contributed by atoms with E-state index in [0.717, 1.165) is 17.5 Å². The molecule has 0 bridgehead atoms. The highest BCUT2D eigenvalue weighted by Crippen LogP contribution is 2.37. The predicted molar refractivity (Wildman–Crippen MR) is 84.9 cm³/mol. The molecule has 0 atom stereocenters. The smallest absolute Gasteiger partial charge is 0.0290 e. The third-order valence-corrected chi connectivity index (χ3v) is 3.87. The van der Waals surface area contributed by atoms with Crippen molar-refractivity contribution in [1.82, 2.24) is 4.98 Å². The first-order valence-corrected chi connectivity index (χ1v) is 7.04. The van der Waals surface area contributed by atoms with E-state index in [1.165, 1.54) is 22.3 Å². The monoisotopic (exact) mass is 267 g/mol. The molecule has 0 amide bonds. The molecule has 0 N–H and O–H groups in total. The Morgan fingerprint density at radius 3 is 2.48 bits per heavy atom. The van der Waals surface area contributed by atoms with E-state index in [-0.39, 0.29) is 0 Å². The molecule has 4 rings (SSSR count). The molecule has 1 aliphatic carbocycles. The Morgan fingerprint density at radius 2 is 1.57 bits per heavy atom. The minimum atomic E-state index is 0.979. The van der Waals surface area contributed by atoms with Gasteiger partial charge in [0.05, 0.1) is 0 Å². The van der Waals surface area contributed by atoms with Crippen LogP contribution in [0.3, 0.4) is 0 Å². The summed E-state index contributed by atoms with van der Waals surface area (Å²) in [5, 5.41) is 0. The van der Waals surface area contributed by atoms with Crippen LogP contribution in [0.1, 0.15) is 22.3 Å². The van der Waals surface area contributed by atoms with Gasteiger partial charge in [0.25, 0.3) is 0 Å². The van der Waals surface area contributed by atoms with Crippen molar-refractivity contribution in [3.05, 3.63) is 89.2 Å². The molecule has 98 valence electrons. The number of aromatic nitrogens is 1. The Hall–Kier alpha value is -2.85. The summed E-state index contributed by atoms with van der Waals surface area (Å²) in [7, 11) is 0. The number of benzene rings is 2. The maximum Gasteiger partial charge on any atom is 0.0290 e. The molecule has 1 nitrogen and oxygen atoms in total. The van der Waals surface area contributed by atoms with Crippen molar-refractivity contribution in [3.63, 3.8) is 0 Å². The highest BCUT2D eigenvalue weighted by atomic mass is 14.6. The Labute approximate surface area is 124 Å². The SMILES string of the molecule is C(#Cc1cccc2c1Cc1ccccc1-2)c1ccncc1. The van der Waals surface area contributed by atoms with Gasteiger partial charge in [0.2, 0.25) is 0 Å². The molecule has 0 spiro atoms. The quantitative estimate of drug-likeness (QED) is 0.438. The minimum absolute atomic E-state index is 0.979. The number of nitrogens with zero attached hydrogens (tertiary/aromatic N) is 1. The van der Waals surface area contributed by atoms with Crippen LogP contribution in [0, 0.1) is 11.8 Å². The predicted octanol–water partition coefficient (Wildman–Crippen LogP) is 4.05. The van der Waals surface area contributed by atoms with E-state index >= 15 is 0 Å². The summed E-state index contributed by atoms with van der Waals surface area (Å²) in [6, 6.07) is 18.9. The van der Waals surface area contributed by atoms with Gasteiger partial charge in [-0.3, -0.25) is 4.98 Å². The summed E-state index contributed by atoms with van der Waals surface area (Å²) in [4.78, 5) is 4.02. The fourth-order valence-corrected chi connectivity index (χ4v) is 2.85. The van der Waals surface area contributed by atoms with Crippen LogP contribution in [-0.4, -0.2) is 4.98 Å². The summed E-state index contributed by atoms with van der Waals surface area (Å²) in [6.07, 6.45) is 4.53. The van der Waals surface area contributed by atoms with Crippen molar-refractivity contribution in [2.24, 2.45) is 0 Å². The highest BCUT2D eigenvalue weighted by Gasteiger charge is 2.19. The summed E-state index contributed by atoms with van der Waals surface area (Å²) in [5.41, 5.74) is 7.54. The van der Waals surface area contributed by atoms with Crippen molar-refractivity contribution in [2.45, 2.75) is 6.42 Å². The molecule has 0 saturated carbocycles. The fraction of sp³-hybridized carbons (Fsp3) is 0.0500. The lowest BCUT2D eigenvalue weighted by molar-refractivity contribution is 1.25. The summed E-state index contributed by atoms with van der Waals surface area (Å²) < 4.78 is 0. The van der Waals surface area contributed by atoms with Gasteiger partial charge in [-0.2, -0.15) is 0 Å². The lowest BCUT2D eigenvalue weighted by Gasteiger charge is -2.02. The van der Waals surface area contributed by atoms with Crippen molar-refractivity contribution >= 4 is 0 Å². The number of hydrogen-bond donors (Lipinski definition) is 0. The summed E-state index contributed by atoms with van der Waals surface area (Å²) >= 11 is 0. The average Bonchev–Trinajstić information content (AvgIpc) is 2.93. The van der Waals surface area contributed by atoms with Crippen molar-refractivity contribution in [1.29, 1.82) is 0 Å². The van der Waals surface area contributed by atoms with E-state index < -0.39 is 0 Å². The number of hydrogen-bond acceptors (Lipinski definition) is 1. The van der Waals surface area contributed by atoms with Crippen LogP contribution in [0.5, 0.6) is 0 Å². The Balaban J connectivity index is 1.79. The highest BCUT2D eigenvalue weighted by molar-refractivity contribution is 5.79. The lowest BCUT2D eigenvalue weighted by Crippen LogP contribution is -1.87. The van der Waals surface area contributed by atoms with Crippen LogP contribution in [0.2, 0.25) is 0 Å². The molecule has 1 aromatic heterocycles. The zero-order valence-corrected chi connectivity index (χ0v) is 11.5. The first kappa shape index (κ1) is 11.9. The second-order valence-corrected chi connectivity index (χ2v) is 5.15. The molecule has 21 heavy (non-hydrogen) atoms. The molecular weight excluding hydrogens is 254 g/mol. The van der Waals surface area contributed by atoms with Crippen LogP contribution < -0.4 is 0 Å². The van der Waals surface area contributed by atoms with Gasteiger partial charge in [-0.25, -0.2) is 0 Å². The minimum Gasteiger partial charge on any atom is -0.265 e. The van der Waals surface area contributed by atoms with Gasteiger partial charge in [0.1, 0.15) is 0 Å². The summed E-state index contributed by atoms with van der Waals surface area (Å²) in [5.74, 6) is 6.55.